The van der Waals surface area contributed by atoms with Crippen LogP contribution in [0, 0.1) is 5.92 Å². The minimum Gasteiger partial charge on any atom is -0.0728 e. The lowest BCUT2D eigenvalue weighted by molar-refractivity contribution is 0.759. The van der Waals surface area contributed by atoms with E-state index in [0.717, 1.165) is 0 Å². The molecule has 0 unspecified atom stereocenters. The minimum atomic E-state index is 1.26. The second kappa shape index (κ2) is 3.75. The predicted octanol–water partition coefficient (Wildman–Crippen LogP) is 3.66. The van der Waals surface area contributed by atoms with Crippen molar-refractivity contribution in [3.8, 4) is 0 Å². The van der Waals surface area contributed by atoms with Crippen molar-refractivity contribution in [3.63, 3.8) is 0 Å². The highest BCUT2D eigenvalue weighted by Gasteiger charge is 2.13. The van der Waals surface area contributed by atoms with Gasteiger partial charge in [-0.1, -0.05) is 43.1 Å². The van der Waals surface area contributed by atoms with Gasteiger partial charge in [0.2, 0.25) is 0 Å². The van der Waals surface area contributed by atoms with Crippen molar-refractivity contribution in [2.45, 2.75) is 40.0 Å². The average molecular weight is 149 g/mol. The van der Waals surface area contributed by atoms with Gasteiger partial charge in [0, 0.05) is 5.92 Å². The molecule has 1 aliphatic rings. The Balaban J connectivity index is 2.44. The maximum atomic E-state index is 2.26. The number of hydrogen-bond acceptors (Lipinski definition) is 0. The molecule has 11 heavy (non-hydrogen) atoms. The third kappa shape index (κ3) is 1.95. The van der Waals surface area contributed by atoms with Crippen LogP contribution in [0.5, 0.6) is 0 Å². The van der Waals surface area contributed by atoms with Gasteiger partial charge in [0.1, 0.15) is 0 Å². The predicted molar refractivity (Wildman–Crippen MR) is 50.3 cm³/mol. The topological polar surface area (TPSA) is 0 Å². The highest BCUT2D eigenvalue weighted by atomic mass is 14.2. The zero-order valence-corrected chi connectivity index (χ0v) is 7.78. The maximum absolute atomic E-state index is 2.26. The van der Waals surface area contributed by atoms with Gasteiger partial charge >= 0.3 is 0 Å². The first-order valence-corrected chi connectivity index (χ1v) is 4.47. The number of rotatable bonds is 3. The van der Waals surface area contributed by atoms with E-state index in [1.165, 1.54) is 30.4 Å². The Bertz CT molecular complexity index is 184. The van der Waals surface area contributed by atoms with Gasteiger partial charge in [-0.15, -0.1) is 0 Å². The van der Waals surface area contributed by atoms with Gasteiger partial charge in [-0.25, -0.2) is 0 Å². The molecule has 0 bridgehead atoms. The first-order valence-electron chi connectivity index (χ1n) is 4.47. The Morgan fingerprint density at radius 3 is 2.36 bits per heavy atom. The summed E-state index contributed by atoms with van der Waals surface area (Å²) in [5.74, 6) is 1.55. The first kappa shape index (κ1) is 8.58. The fraction of sp³-hybridized carbons (Fsp3) is 0.545. The lowest BCUT2D eigenvalue weighted by Crippen LogP contribution is -1.92. The molecule has 0 N–H and O–H groups in total. The van der Waals surface area contributed by atoms with Crippen LogP contribution in [0.2, 0.25) is 0 Å². The fourth-order valence-corrected chi connectivity index (χ4v) is 1.37. The lowest BCUT2D eigenvalue weighted by Gasteiger charge is -2.08. The van der Waals surface area contributed by atoms with Crippen LogP contribution in [0.3, 0.4) is 0 Å². The molecule has 0 atom stereocenters. The molecular formula is C11H17. The van der Waals surface area contributed by atoms with Gasteiger partial charge in [0.15, 0.2) is 0 Å². The van der Waals surface area contributed by atoms with Crippen molar-refractivity contribution < 1.29 is 0 Å². The maximum Gasteiger partial charge on any atom is 0.0225 e. The SMILES string of the molecule is CCCC[C]1C=CC(C)=C1C. The Labute approximate surface area is 70.0 Å². The van der Waals surface area contributed by atoms with Crippen LogP contribution in [0.4, 0.5) is 0 Å². The van der Waals surface area contributed by atoms with E-state index in [0.29, 0.717) is 0 Å². The molecule has 61 valence electrons. The fourth-order valence-electron chi connectivity index (χ4n) is 1.37. The smallest absolute Gasteiger partial charge is 0.0225 e. The van der Waals surface area contributed by atoms with Crippen LogP contribution >= 0.6 is 0 Å². The summed E-state index contributed by atoms with van der Waals surface area (Å²) in [4.78, 5) is 0. The Hall–Kier alpha value is -0.520. The zero-order valence-electron chi connectivity index (χ0n) is 7.78. The van der Waals surface area contributed by atoms with Crippen LogP contribution in [0.15, 0.2) is 23.3 Å². The summed E-state index contributed by atoms with van der Waals surface area (Å²) < 4.78 is 0. The van der Waals surface area contributed by atoms with Crippen molar-refractivity contribution >= 4 is 0 Å². The molecule has 1 aliphatic carbocycles. The van der Waals surface area contributed by atoms with Crippen molar-refractivity contribution in [2.24, 2.45) is 0 Å². The zero-order chi connectivity index (χ0) is 8.27. The van der Waals surface area contributed by atoms with Gasteiger partial charge in [0.05, 0.1) is 0 Å². The summed E-state index contributed by atoms with van der Waals surface area (Å²) in [5.41, 5.74) is 2.94. The third-order valence-electron chi connectivity index (χ3n) is 2.41. The summed E-state index contributed by atoms with van der Waals surface area (Å²) in [7, 11) is 0. The monoisotopic (exact) mass is 149 g/mol. The molecule has 0 saturated carbocycles. The van der Waals surface area contributed by atoms with E-state index in [4.69, 9.17) is 0 Å². The molecule has 0 saturated heterocycles. The Morgan fingerprint density at radius 2 is 1.91 bits per heavy atom. The normalized spacial score (nSPS) is 18.5. The molecule has 0 aromatic carbocycles. The van der Waals surface area contributed by atoms with E-state index >= 15 is 0 Å². The summed E-state index contributed by atoms with van der Waals surface area (Å²) >= 11 is 0. The van der Waals surface area contributed by atoms with E-state index in [-0.39, 0.29) is 0 Å². The van der Waals surface area contributed by atoms with E-state index in [1.807, 2.05) is 0 Å². The first-order chi connectivity index (χ1) is 5.25. The molecule has 0 amide bonds. The molecule has 0 fully saturated rings. The minimum absolute atomic E-state index is 1.26. The summed E-state index contributed by atoms with van der Waals surface area (Å²) in [6.45, 7) is 6.65. The summed E-state index contributed by atoms with van der Waals surface area (Å²) in [5, 5.41) is 0. The van der Waals surface area contributed by atoms with Crippen LogP contribution in [-0.4, -0.2) is 0 Å². The molecule has 0 heteroatoms. The molecular weight excluding hydrogens is 132 g/mol. The molecule has 0 aliphatic heterocycles. The highest BCUT2D eigenvalue weighted by Crippen LogP contribution is 2.30. The van der Waals surface area contributed by atoms with Gasteiger partial charge in [-0.3, -0.25) is 0 Å². The number of hydrogen-bond donors (Lipinski definition) is 0. The van der Waals surface area contributed by atoms with Gasteiger partial charge in [0.25, 0.3) is 0 Å². The number of allylic oxidation sites excluding steroid dienone is 4. The third-order valence-corrected chi connectivity index (χ3v) is 2.41. The summed E-state index contributed by atoms with van der Waals surface area (Å²) in [6, 6.07) is 0. The largest absolute Gasteiger partial charge is 0.0728 e. The van der Waals surface area contributed by atoms with E-state index in [1.54, 1.807) is 5.92 Å². The van der Waals surface area contributed by atoms with Crippen molar-refractivity contribution in [1.82, 2.24) is 0 Å². The highest BCUT2D eigenvalue weighted by molar-refractivity contribution is 5.46. The van der Waals surface area contributed by atoms with E-state index in [9.17, 15) is 0 Å². The van der Waals surface area contributed by atoms with Gasteiger partial charge < -0.3 is 0 Å². The second-order valence-electron chi connectivity index (χ2n) is 3.27. The second-order valence-corrected chi connectivity index (χ2v) is 3.27. The van der Waals surface area contributed by atoms with Crippen molar-refractivity contribution in [2.75, 3.05) is 0 Å². The quantitative estimate of drug-likeness (QED) is 0.574. The standard InChI is InChI=1S/C11H17/c1-4-5-6-11-8-7-9(2)10(11)3/h7-8H,4-6H2,1-3H3. The van der Waals surface area contributed by atoms with Gasteiger partial charge in [-0.05, 0) is 20.3 Å². The van der Waals surface area contributed by atoms with Crippen LogP contribution in [-0.2, 0) is 0 Å². The van der Waals surface area contributed by atoms with Crippen LogP contribution in [0.25, 0.3) is 0 Å². The van der Waals surface area contributed by atoms with E-state index < -0.39 is 0 Å². The van der Waals surface area contributed by atoms with Crippen LogP contribution < -0.4 is 0 Å². The Kier molecular flexibility index (Phi) is 2.92. The van der Waals surface area contributed by atoms with Crippen molar-refractivity contribution in [1.29, 1.82) is 0 Å². The molecule has 0 heterocycles. The molecule has 0 aromatic heterocycles. The van der Waals surface area contributed by atoms with Crippen LogP contribution in [0.1, 0.15) is 40.0 Å². The molecule has 0 spiro atoms. The lowest BCUT2D eigenvalue weighted by atomic mass is 9.97. The molecule has 0 aromatic rings. The molecule has 1 rings (SSSR count). The molecule has 0 nitrogen and oxygen atoms in total. The Morgan fingerprint density at radius 1 is 1.18 bits per heavy atom. The van der Waals surface area contributed by atoms with E-state index in [2.05, 4.69) is 32.9 Å². The average Bonchev–Trinajstić information content (AvgIpc) is 2.31. The van der Waals surface area contributed by atoms with Gasteiger partial charge in [-0.2, -0.15) is 0 Å². The summed E-state index contributed by atoms with van der Waals surface area (Å²) in [6.07, 6.45) is 8.37. The van der Waals surface area contributed by atoms with Crippen molar-refractivity contribution in [3.05, 3.63) is 29.2 Å². The number of unbranched alkanes of at least 4 members (excludes halogenated alkanes) is 1. The molecule has 1 radical (unpaired) electrons.